The summed E-state index contributed by atoms with van der Waals surface area (Å²) in [6.07, 6.45) is -0.485. The Kier molecular flexibility index (Phi) is 2.16. The van der Waals surface area contributed by atoms with Crippen LogP contribution in [0.15, 0.2) is 0 Å². The fourth-order valence-electron chi connectivity index (χ4n) is 2.40. The van der Waals surface area contributed by atoms with Crippen molar-refractivity contribution >= 4 is 0 Å². The van der Waals surface area contributed by atoms with Crippen LogP contribution in [0, 0.1) is 0 Å². The molecule has 1 N–H and O–H groups in total. The smallest absolute Gasteiger partial charge is 0.164 e. The predicted molar refractivity (Wildman–Crippen MR) is 49.9 cm³/mol. The van der Waals surface area contributed by atoms with Crippen LogP contribution in [0.5, 0.6) is 0 Å². The average molecular weight is 202 g/mol. The van der Waals surface area contributed by atoms with E-state index in [1.165, 1.54) is 0 Å². The first kappa shape index (κ1) is 10.4. The lowest BCUT2D eigenvalue weighted by Gasteiger charge is -2.27. The highest BCUT2D eigenvalue weighted by Crippen LogP contribution is 2.46. The van der Waals surface area contributed by atoms with Crippen molar-refractivity contribution in [1.82, 2.24) is 0 Å². The molecular weight excluding hydrogens is 184 g/mol. The Hall–Kier alpha value is -0.160. The van der Waals surface area contributed by atoms with Gasteiger partial charge in [0.25, 0.3) is 0 Å². The van der Waals surface area contributed by atoms with Gasteiger partial charge in [-0.1, -0.05) is 0 Å². The van der Waals surface area contributed by atoms with Gasteiger partial charge in [-0.3, -0.25) is 0 Å². The highest BCUT2D eigenvalue weighted by Gasteiger charge is 2.61. The molecule has 0 spiro atoms. The molecule has 0 bridgehead atoms. The van der Waals surface area contributed by atoms with Crippen molar-refractivity contribution in [3.63, 3.8) is 0 Å². The summed E-state index contributed by atoms with van der Waals surface area (Å²) < 4.78 is 17.2. The number of aliphatic hydroxyl groups excluding tert-OH is 1. The molecule has 2 fully saturated rings. The molecule has 0 radical (unpaired) electrons. The van der Waals surface area contributed by atoms with Crippen LogP contribution in [0.2, 0.25) is 0 Å². The molecule has 2 aliphatic rings. The Bertz CT molecular complexity index is 240. The van der Waals surface area contributed by atoms with E-state index in [2.05, 4.69) is 0 Å². The Balaban J connectivity index is 2.26. The van der Waals surface area contributed by atoms with Crippen LogP contribution in [0.4, 0.5) is 0 Å². The molecule has 0 saturated carbocycles. The summed E-state index contributed by atoms with van der Waals surface area (Å²) in [5.74, 6) is -0.578. The third-order valence-electron chi connectivity index (χ3n) is 3.15. The van der Waals surface area contributed by atoms with Gasteiger partial charge in [-0.15, -0.1) is 0 Å². The molecule has 0 aromatic heterocycles. The van der Waals surface area contributed by atoms with E-state index in [-0.39, 0.29) is 24.9 Å². The first-order valence-corrected chi connectivity index (χ1v) is 5.03. The van der Waals surface area contributed by atoms with Gasteiger partial charge < -0.3 is 19.3 Å². The molecule has 0 aromatic rings. The largest absolute Gasteiger partial charge is 0.394 e. The molecule has 82 valence electrons. The molecule has 0 aromatic carbocycles. The predicted octanol–water partition coefficient (Wildman–Crippen LogP) is 0.676. The summed E-state index contributed by atoms with van der Waals surface area (Å²) in [6, 6.07) is 0. The van der Waals surface area contributed by atoms with Crippen LogP contribution in [-0.4, -0.2) is 41.4 Å². The molecule has 0 aliphatic carbocycles. The Morgan fingerprint density at radius 2 is 1.93 bits per heavy atom. The summed E-state index contributed by atoms with van der Waals surface area (Å²) in [5, 5.41) is 9.15. The van der Waals surface area contributed by atoms with Crippen LogP contribution < -0.4 is 0 Å². The zero-order chi connectivity index (χ0) is 10.6. The van der Waals surface area contributed by atoms with Crippen molar-refractivity contribution in [2.24, 2.45) is 0 Å². The monoisotopic (exact) mass is 202 g/mol. The number of aliphatic hydroxyl groups is 1. The minimum atomic E-state index is -0.578. The van der Waals surface area contributed by atoms with Crippen molar-refractivity contribution in [3.8, 4) is 0 Å². The van der Waals surface area contributed by atoms with Gasteiger partial charge in [-0.2, -0.15) is 0 Å². The quantitative estimate of drug-likeness (QED) is 0.679. The summed E-state index contributed by atoms with van der Waals surface area (Å²) >= 11 is 0. The van der Waals surface area contributed by atoms with Gasteiger partial charge in [0, 0.05) is 0 Å². The summed E-state index contributed by atoms with van der Waals surface area (Å²) in [4.78, 5) is 0. The van der Waals surface area contributed by atoms with Crippen molar-refractivity contribution < 1.29 is 19.3 Å². The van der Waals surface area contributed by atoms with Crippen LogP contribution >= 0.6 is 0 Å². The number of hydrogen-bond acceptors (Lipinski definition) is 4. The Labute approximate surface area is 84.1 Å². The van der Waals surface area contributed by atoms with E-state index < -0.39 is 11.4 Å². The zero-order valence-electron chi connectivity index (χ0n) is 9.11. The van der Waals surface area contributed by atoms with Gasteiger partial charge in [-0.25, -0.2) is 0 Å². The van der Waals surface area contributed by atoms with Gasteiger partial charge in [0.2, 0.25) is 0 Å². The second-order valence-corrected chi connectivity index (χ2v) is 4.72. The maximum Gasteiger partial charge on any atom is 0.164 e. The van der Waals surface area contributed by atoms with E-state index in [0.29, 0.717) is 0 Å². The SMILES string of the molecule is C[C@@H]1O[C@H](CO)[C@H]2OC(C)(C)O[C@@]12C. The molecule has 2 heterocycles. The van der Waals surface area contributed by atoms with Crippen LogP contribution in [0.25, 0.3) is 0 Å². The number of ether oxygens (including phenoxy) is 3. The van der Waals surface area contributed by atoms with Crippen molar-refractivity contribution in [1.29, 1.82) is 0 Å². The van der Waals surface area contributed by atoms with E-state index in [0.717, 1.165) is 0 Å². The van der Waals surface area contributed by atoms with Gasteiger partial charge in [0.15, 0.2) is 5.79 Å². The number of hydrogen-bond donors (Lipinski definition) is 1. The van der Waals surface area contributed by atoms with E-state index in [9.17, 15) is 0 Å². The van der Waals surface area contributed by atoms with Gasteiger partial charge in [0.05, 0.1) is 12.7 Å². The normalized spacial score (nSPS) is 50.8. The minimum absolute atomic E-state index is 0.0238. The summed E-state index contributed by atoms with van der Waals surface area (Å²) in [6.45, 7) is 7.68. The lowest BCUT2D eigenvalue weighted by atomic mass is 9.94. The fraction of sp³-hybridized carbons (Fsp3) is 1.00. The third-order valence-corrected chi connectivity index (χ3v) is 3.15. The number of fused-ring (bicyclic) bond motifs is 1. The third kappa shape index (κ3) is 1.29. The molecule has 2 rings (SSSR count). The van der Waals surface area contributed by atoms with Gasteiger partial charge in [-0.05, 0) is 27.7 Å². The summed E-state index contributed by atoms with van der Waals surface area (Å²) in [7, 11) is 0. The number of rotatable bonds is 1. The highest BCUT2D eigenvalue weighted by molar-refractivity contribution is 5.05. The minimum Gasteiger partial charge on any atom is -0.394 e. The van der Waals surface area contributed by atoms with E-state index in [1.807, 2.05) is 27.7 Å². The Morgan fingerprint density at radius 3 is 2.50 bits per heavy atom. The molecule has 0 amide bonds. The lowest BCUT2D eigenvalue weighted by Crippen LogP contribution is -2.42. The van der Waals surface area contributed by atoms with E-state index in [4.69, 9.17) is 19.3 Å². The van der Waals surface area contributed by atoms with E-state index >= 15 is 0 Å². The second-order valence-electron chi connectivity index (χ2n) is 4.72. The topological polar surface area (TPSA) is 47.9 Å². The molecule has 4 heteroatoms. The maximum absolute atomic E-state index is 9.15. The standard InChI is InChI=1S/C10H18O4/c1-6-10(4)8(7(5-11)12-6)13-9(2,3)14-10/h6-8,11H,5H2,1-4H3/t6-,7+,8+,10-/m0/s1. The van der Waals surface area contributed by atoms with Crippen molar-refractivity contribution in [2.45, 2.75) is 57.4 Å². The van der Waals surface area contributed by atoms with Crippen LogP contribution in [-0.2, 0) is 14.2 Å². The second kappa shape index (κ2) is 2.92. The lowest BCUT2D eigenvalue weighted by molar-refractivity contribution is -0.202. The maximum atomic E-state index is 9.15. The average Bonchev–Trinajstić information content (AvgIpc) is 2.42. The zero-order valence-corrected chi connectivity index (χ0v) is 9.11. The molecule has 0 unspecified atom stereocenters. The molecule has 2 saturated heterocycles. The van der Waals surface area contributed by atoms with Crippen LogP contribution in [0.1, 0.15) is 27.7 Å². The van der Waals surface area contributed by atoms with Crippen LogP contribution in [0.3, 0.4) is 0 Å². The van der Waals surface area contributed by atoms with E-state index in [1.54, 1.807) is 0 Å². The van der Waals surface area contributed by atoms with Gasteiger partial charge >= 0.3 is 0 Å². The van der Waals surface area contributed by atoms with Crippen molar-refractivity contribution in [2.75, 3.05) is 6.61 Å². The van der Waals surface area contributed by atoms with Gasteiger partial charge in [0.1, 0.15) is 17.8 Å². The molecule has 4 nitrogen and oxygen atoms in total. The molecular formula is C10H18O4. The first-order chi connectivity index (χ1) is 6.39. The highest BCUT2D eigenvalue weighted by atomic mass is 16.8. The molecule has 4 atom stereocenters. The fourth-order valence-corrected chi connectivity index (χ4v) is 2.40. The van der Waals surface area contributed by atoms with Crippen molar-refractivity contribution in [3.05, 3.63) is 0 Å². The summed E-state index contributed by atoms with van der Waals surface area (Å²) in [5.41, 5.74) is -0.434. The molecule has 2 aliphatic heterocycles. The molecule has 14 heavy (non-hydrogen) atoms. The Morgan fingerprint density at radius 1 is 1.29 bits per heavy atom. The first-order valence-electron chi connectivity index (χ1n) is 5.03.